The molecule has 0 fully saturated rings. The minimum absolute atomic E-state index is 0.203. The molecule has 0 bridgehead atoms. The second-order valence-electron chi connectivity index (χ2n) is 4.65. The van der Waals surface area contributed by atoms with Crippen molar-refractivity contribution in [3.63, 3.8) is 0 Å². The largest absolute Gasteiger partial charge is 0.485 e. The van der Waals surface area contributed by atoms with Crippen molar-refractivity contribution in [3.05, 3.63) is 42.7 Å². The highest BCUT2D eigenvalue weighted by atomic mass is 16.6. The second-order valence-corrected chi connectivity index (χ2v) is 4.65. The van der Waals surface area contributed by atoms with Gasteiger partial charge in [0.05, 0.1) is 0 Å². The van der Waals surface area contributed by atoms with Gasteiger partial charge in [-0.25, -0.2) is 9.97 Å². The summed E-state index contributed by atoms with van der Waals surface area (Å²) in [7, 11) is 0. The Bertz CT molecular complexity index is 636. The van der Waals surface area contributed by atoms with Gasteiger partial charge in [0.25, 0.3) is 5.91 Å². The number of amides is 1. The maximum atomic E-state index is 12.0. The van der Waals surface area contributed by atoms with Crippen LogP contribution in [0.3, 0.4) is 0 Å². The number of anilines is 1. The van der Waals surface area contributed by atoms with Crippen molar-refractivity contribution in [1.82, 2.24) is 15.3 Å². The zero-order chi connectivity index (χ0) is 15.2. The number of nitrogens with one attached hydrogen (secondary N) is 2. The molecule has 7 heteroatoms. The van der Waals surface area contributed by atoms with Gasteiger partial charge in [0.15, 0.2) is 11.5 Å². The summed E-state index contributed by atoms with van der Waals surface area (Å²) < 4.78 is 11.1. The first-order chi connectivity index (χ1) is 10.8. The molecule has 1 aliphatic heterocycles. The van der Waals surface area contributed by atoms with E-state index in [1.54, 1.807) is 24.5 Å². The monoisotopic (exact) mass is 300 g/mol. The lowest BCUT2D eigenvalue weighted by Crippen LogP contribution is -2.45. The molecule has 0 saturated heterocycles. The second kappa shape index (κ2) is 6.75. The molecular formula is C15H16N4O3. The predicted molar refractivity (Wildman–Crippen MR) is 79.9 cm³/mol. The van der Waals surface area contributed by atoms with Gasteiger partial charge in [-0.15, -0.1) is 0 Å². The molecule has 7 nitrogen and oxygen atoms in total. The molecule has 0 saturated carbocycles. The lowest BCUT2D eigenvalue weighted by atomic mass is 10.2. The first-order valence-corrected chi connectivity index (χ1v) is 7.00. The van der Waals surface area contributed by atoms with Gasteiger partial charge >= 0.3 is 0 Å². The lowest BCUT2D eigenvalue weighted by molar-refractivity contribution is -0.130. The number of ether oxygens (including phenoxy) is 2. The number of carbonyl (C=O) groups excluding carboxylic acids is 1. The number of para-hydroxylation sites is 2. The van der Waals surface area contributed by atoms with E-state index in [1.165, 1.54) is 0 Å². The molecule has 0 spiro atoms. The molecule has 2 heterocycles. The molecule has 1 unspecified atom stereocenters. The van der Waals surface area contributed by atoms with E-state index in [1.807, 2.05) is 18.2 Å². The number of aromatic nitrogens is 2. The Morgan fingerprint density at radius 2 is 1.91 bits per heavy atom. The molecule has 1 aromatic heterocycles. The van der Waals surface area contributed by atoms with Crippen LogP contribution in [-0.2, 0) is 4.79 Å². The van der Waals surface area contributed by atoms with E-state index < -0.39 is 6.10 Å². The SMILES string of the molecule is O=C(NCCNc1ncccn1)C1COc2ccccc2O1. The molecule has 1 aliphatic rings. The summed E-state index contributed by atoms with van der Waals surface area (Å²) in [6.45, 7) is 1.18. The Kier molecular flexibility index (Phi) is 4.33. The number of rotatable bonds is 5. The number of benzene rings is 1. The van der Waals surface area contributed by atoms with Crippen LogP contribution in [0.25, 0.3) is 0 Å². The molecule has 1 aromatic carbocycles. The number of hydrogen-bond acceptors (Lipinski definition) is 6. The lowest BCUT2D eigenvalue weighted by Gasteiger charge is -2.25. The zero-order valence-electron chi connectivity index (χ0n) is 11.9. The van der Waals surface area contributed by atoms with Crippen molar-refractivity contribution >= 4 is 11.9 Å². The van der Waals surface area contributed by atoms with E-state index in [4.69, 9.17) is 9.47 Å². The Labute approximate surface area is 127 Å². The van der Waals surface area contributed by atoms with Crippen LogP contribution < -0.4 is 20.1 Å². The molecule has 22 heavy (non-hydrogen) atoms. The number of hydrogen-bond donors (Lipinski definition) is 2. The molecule has 0 radical (unpaired) electrons. The van der Waals surface area contributed by atoms with Crippen molar-refractivity contribution in [1.29, 1.82) is 0 Å². The van der Waals surface area contributed by atoms with Crippen molar-refractivity contribution in [2.75, 3.05) is 25.0 Å². The summed E-state index contributed by atoms with van der Waals surface area (Å²) in [5, 5.41) is 5.80. The highest BCUT2D eigenvalue weighted by Crippen LogP contribution is 2.30. The van der Waals surface area contributed by atoms with E-state index in [-0.39, 0.29) is 12.5 Å². The van der Waals surface area contributed by atoms with Crippen LogP contribution >= 0.6 is 0 Å². The molecule has 2 N–H and O–H groups in total. The molecule has 114 valence electrons. The van der Waals surface area contributed by atoms with Crippen molar-refractivity contribution < 1.29 is 14.3 Å². The molecular weight excluding hydrogens is 284 g/mol. The average molecular weight is 300 g/mol. The third kappa shape index (κ3) is 3.43. The van der Waals surface area contributed by atoms with E-state index in [2.05, 4.69) is 20.6 Å². The Morgan fingerprint density at radius 3 is 2.73 bits per heavy atom. The van der Waals surface area contributed by atoms with Crippen LogP contribution in [0.2, 0.25) is 0 Å². The van der Waals surface area contributed by atoms with Gasteiger partial charge in [-0.2, -0.15) is 0 Å². The molecule has 2 aromatic rings. The molecule has 0 aliphatic carbocycles. The van der Waals surface area contributed by atoms with Crippen LogP contribution in [0.15, 0.2) is 42.7 Å². The van der Waals surface area contributed by atoms with Gasteiger partial charge in [-0.1, -0.05) is 12.1 Å². The fourth-order valence-electron chi connectivity index (χ4n) is 2.01. The standard InChI is InChI=1S/C15H16N4O3/c20-14(16-8-9-19-15-17-6-3-7-18-15)13-10-21-11-4-1-2-5-12(11)22-13/h1-7,13H,8-10H2,(H,16,20)(H,17,18,19). The predicted octanol–water partition coefficient (Wildman–Crippen LogP) is 0.845. The summed E-state index contributed by atoms with van der Waals surface area (Å²) in [4.78, 5) is 20.1. The third-order valence-corrected chi connectivity index (χ3v) is 3.07. The van der Waals surface area contributed by atoms with Crippen molar-refractivity contribution in [2.24, 2.45) is 0 Å². The molecule has 3 rings (SSSR count). The summed E-state index contributed by atoms with van der Waals surface area (Å²) in [5.41, 5.74) is 0. The summed E-state index contributed by atoms with van der Waals surface area (Å²) in [6, 6.07) is 9.04. The van der Waals surface area contributed by atoms with E-state index >= 15 is 0 Å². The molecule has 1 amide bonds. The van der Waals surface area contributed by atoms with Gasteiger partial charge in [0, 0.05) is 25.5 Å². The van der Waals surface area contributed by atoms with Crippen molar-refractivity contribution in [2.45, 2.75) is 6.10 Å². The van der Waals surface area contributed by atoms with Crippen LogP contribution in [0, 0.1) is 0 Å². The van der Waals surface area contributed by atoms with Gasteiger partial charge < -0.3 is 20.1 Å². The smallest absolute Gasteiger partial charge is 0.264 e. The Balaban J connectivity index is 1.43. The van der Waals surface area contributed by atoms with Crippen LogP contribution in [0.4, 0.5) is 5.95 Å². The number of fused-ring (bicyclic) bond motifs is 1. The minimum atomic E-state index is -0.636. The van der Waals surface area contributed by atoms with Gasteiger partial charge in [0.1, 0.15) is 6.61 Å². The highest BCUT2D eigenvalue weighted by molar-refractivity contribution is 5.81. The quantitative estimate of drug-likeness (QED) is 0.796. The Morgan fingerprint density at radius 1 is 1.14 bits per heavy atom. The van der Waals surface area contributed by atoms with Gasteiger partial charge in [0.2, 0.25) is 12.1 Å². The fraction of sp³-hybridized carbons (Fsp3) is 0.267. The summed E-state index contributed by atoms with van der Waals surface area (Å²) >= 11 is 0. The van der Waals surface area contributed by atoms with E-state index in [9.17, 15) is 4.79 Å². The highest BCUT2D eigenvalue weighted by Gasteiger charge is 2.26. The van der Waals surface area contributed by atoms with Crippen LogP contribution in [0.1, 0.15) is 0 Å². The van der Waals surface area contributed by atoms with Gasteiger partial charge in [-0.3, -0.25) is 4.79 Å². The number of carbonyl (C=O) groups is 1. The Hall–Kier alpha value is -2.83. The zero-order valence-corrected chi connectivity index (χ0v) is 11.9. The van der Waals surface area contributed by atoms with E-state index in [0.717, 1.165) is 0 Å². The van der Waals surface area contributed by atoms with Crippen LogP contribution in [-0.4, -0.2) is 41.7 Å². The maximum absolute atomic E-state index is 12.0. The first-order valence-electron chi connectivity index (χ1n) is 7.00. The topological polar surface area (TPSA) is 85.4 Å². The van der Waals surface area contributed by atoms with E-state index in [0.29, 0.717) is 30.5 Å². The summed E-state index contributed by atoms with van der Waals surface area (Å²) in [6.07, 6.45) is 2.67. The molecule has 1 atom stereocenters. The normalized spacial score (nSPS) is 15.9. The van der Waals surface area contributed by atoms with Crippen molar-refractivity contribution in [3.8, 4) is 11.5 Å². The third-order valence-electron chi connectivity index (χ3n) is 3.07. The maximum Gasteiger partial charge on any atom is 0.264 e. The van der Waals surface area contributed by atoms with Gasteiger partial charge in [-0.05, 0) is 18.2 Å². The number of nitrogens with zero attached hydrogens (tertiary/aromatic N) is 2. The average Bonchev–Trinajstić information content (AvgIpc) is 2.59. The minimum Gasteiger partial charge on any atom is -0.485 e. The fourth-order valence-corrected chi connectivity index (χ4v) is 2.01. The first kappa shape index (κ1) is 14.1. The summed E-state index contributed by atoms with van der Waals surface area (Å²) in [5.74, 6) is 1.58. The van der Waals surface area contributed by atoms with Crippen LogP contribution in [0.5, 0.6) is 11.5 Å².